The lowest BCUT2D eigenvalue weighted by atomic mass is 10.1. The van der Waals surface area contributed by atoms with Gasteiger partial charge in [0, 0.05) is 5.69 Å². The van der Waals surface area contributed by atoms with Crippen LogP contribution in [0.1, 0.15) is 17.5 Å². The molecular weight excluding hydrogens is 300 g/mol. The first-order valence-corrected chi connectivity index (χ1v) is 7.90. The number of benzene rings is 1. The summed E-state index contributed by atoms with van der Waals surface area (Å²) in [6.07, 6.45) is 3.39. The Morgan fingerprint density at radius 2 is 1.86 bits per heavy atom. The van der Waals surface area contributed by atoms with Gasteiger partial charge in [0.15, 0.2) is 5.16 Å². The molecule has 1 aliphatic carbocycles. The van der Waals surface area contributed by atoms with E-state index >= 15 is 0 Å². The summed E-state index contributed by atoms with van der Waals surface area (Å²) in [5.74, 6) is 0.156. The quantitative estimate of drug-likeness (QED) is 0.726. The van der Waals surface area contributed by atoms with Crippen LogP contribution in [-0.2, 0) is 17.6 Å². The molecule has 0 spiro atoms. The largest absolute Gasteiger partial charge is 0.368 e. The van der Waals surface area contributed by atoms with Crippen LogP contribution >= 0.6 is 11.8 Å². The van der Waals surface area contributed by atoms with Crippen LogP contribution in [0.15, 0.2) is 23.4 Å². The van der Waals surface area contributed by atoms with Crippen molar-refractivity contribution in [1.29, 1.82) is 0 Å². The Bertz CT molecular complexity index is 700. The van der Waals surface area contributed by atoms with Gasteiger partial charge in [0.05, 0.1) is 5.75 Å². The fraction of sp³-hybridized carbons (Fsp3) is 0.286. The molecule has 0 unspecified atom stereocenters. The minimum Gasteiger partial charge on any atom is -0.368 e. The van der Waals surface area contributed by atoms with E-state index in [4.69, 9.17) is 11.5 Å². The van der Waals surface area contributed by atoms with Crippen LogP contribution in [-0.4, -0.2) is 26.6 Å². The maximum atomic E-state index is 12.0. The summed E-state index contributed by atoms with van der Waals surface area (Å²) in [7, 11) is 0. The highest BCUT2D eigenvalue weighted by atomic mass is 32.2. The van der Waals surface area contributed by atoms with Gasteiger partial charge in [-0.05, 0) is 42.5 Å². The number of amides is 1. The molecular formula is C14H16N6OS. The van der Waals surface area contributed by atoms with Crippen LogP contribution in [0.4, 0.5) is 17.6 Å². The summed E-state index contributed by atoms with van der Waals surface area (Å²) < 4.78 is 0. The number of anilines is 3. The molecule has 7 nitrogen and oxygen atoms in total. The van der Waals surface area contributed by atoms with Crippen LogP contribution in [0, 0.1) is 0 Å². The van der Waals surface area contributed by atoms with Crippen molar-refractivity contribution in [2.75, 3.05) is 22.5 Å². The van der Waals surface area contributed by atoms with Crippen molar-refractivity contribution in [3.05, 3.63) is 29.3 Å². The van der Waals surface area contributed by atoms with Crippen LogP contribution < -0.4 is 16.8 Å². The first-order valence-electron chi connectivity index (χ1n) is 6.91. The predicted molar refractivity (Wildman–Crippen MR) is 86.5 cm³/mol. The molecule has 1 aromatic carbocycles. The lowest BCUT2D eigenvalue weighted by Gasteiger charge is -2.07. The Morgan fingerprint density at radius 3 is 2.64 bits per heavy atom. The molecule has 2 aromatic rings. The van der Waals surface area contributed by atoms with Crippen molar-refractivity contribution in [2.45, 2.75) is 24.4 Å². The molecule has 3 rings (SSSR count). The number of aryl methyl sites for hydroxylation is 2. The van der Waals surface area contributed by atoms with E-state index < -0.39 is 0 Å². The molecule has 1 heterocycles. The van der Waals surface area contributed by atoms with E-state index in [1.54, 1.807) is 0 Å². The van der Waals surface area contributed by atoms with Gasteiger partial charge in [-0.2, -0.15) is 15.0 Å². The highest BCUT2D eigenvalue weighted by Crippen LogP contribution is 2.25. The molecule has 114 valence electrons. The summed E-state index contributed by atoms with van der Waals surface area (Å²) >= 11 is 1.17. The molecule has 0 saturated heterocycles. The molecule has 0 radical (unpaired) electrons. The van der Waals surface area contributed by atoms with E-state index in [9.17, 15) is 4.79 Å². The third kappa shape index (κ3) is 3.45. The molecule has 5 N–H and O–H groups in total. The average Bonchev–Trinajstić information content (AvgIpc) is 2.92. The number of fused-ring (bicyclic) bond motifs is 1. The third-order valence-corrected chi connectivity index (χ3v) is 4.21. The standard InChI is InChI=1S/C14H16N6OS/c15-12-18-13(16)20-14(19-12)22-7-11(21)17-10-5-4-8-2-1-3-9(8)6-10/h4-6H,1-3,7H2,(H,17,21)(H4,15,16,18,19,20). The van der Waals surface area contributed by atoms with Gasteiger partial charge in [0.25, 0.3) is 0 Å². The van der Waals surface area contributed by atoms with E-state index in [0.29, 0.717) is 5.16 Å². The number of aromatic nitrogens is 3. The smallest absolute Gasteiger partial charge is 0.234 e. The van der Waals surface area contributed by atoms with Crippen molar-refractivity contribution in [3.63, 3.8) is 0 Å². The van der Waals surface area contributed by atoms with Crippen molar-refractivity contribution < 1.29 is 4.79 Å². The Morgan fingerprint density at radius 1 is 1.14 bits per heavy atom. The number of nitrogens with two attached hydrogens (primary N) is 2. The van der Waals surface area contributed by atoms with Crippen LogP contribution in [0.5, 0.6) is 0 Å². The molecule has 1 aromatic heterocycles. The van der Waals surface area contributed by atoms with Gasteiger partial charge in [-0.3, -0.25) is 4.79 Å². The fourth-order valence-corrected chi connectivity index (χ4v) is 3.08. The first-order chi connectivity index (χ1) is 10.6. The Kier molecular flexibility index (Phi) is 4.10. The normalized spacial score (nSPS) is 12.9. The number of rotatable bonds is 4. The van der Waals surface area contributed by atoms with Crippen LogP contribution in [0.3, 0.4) is 0 Å². The fourth-order valence-electron chi connectivity index (χ4n) is 2.43. The molecule has 1 aliphatic rings. The summed E-state index contributed by atoms with van der Waals surface area (Å²) in [5, 5.41) is 3.22. The van der Waals surface area contributed by atoms with E-state index in [2.05, 4.69) is 26.3 Å². The maximum Gasteiger partial charge on any atom is 0.234 e. The van der Waals surface area contributed by atoms with E-state index in [0.717, 1.165) is 18.5 Å². The number of nitrogens with one attached hydrogen (secondary N) is 1. The number of hydrogen-bond donors (Lipinski definition) is 3. The van der Waals surface area contributed by atoms with Gasteiger partial charge < -0.3 is 16.8 Å². The Balaban J connectivity index is 1.58. The summed E-state index contributed by atoms with van der Waals surface area (Å²) in [5.41, 5.74) is 14.5. The van der Waals surface area contributed by atoms with Gasteiger partial charge in [-0.15, -0.1) is 0 Å². The SMILES string of the molecule is Nc1nc(N)nc(SCC(=O)Nc2ccc3c(c2)CCC3)n1. The minimum atomic E-state index is -0.125. The van der Waals surface area contributed by atoms with Crippen molar-refractivity contribution >= 4 is 35.3 Å². The van der Waals surface area contributed by atoms with Gasteiger partial charge in [0.1, 0.15) is 0 Å². The highest BCUT2D eigenvalue weighted by Gasteiger charge is 2.12. The molecule has 22 heavy (non-hydrogen) atoms. The number of carbonyl (C=O) groups excluding carboxylic acids is 1. The average molecular weight is 316 g/mol. The van der Waals surface area contributed by atoms with E-state index in [-0.39, 0.29) is 23.6 Å². The molecule has 0 saturated carbocycles. The predicted octanol–water partition coefficient (Wildman–Crippen LogP) is 1.26. The third-order valence-electron chi connectivity index (χ3n) is 3.36. The van der Waals surface area contributed by atoms with Gasteiger partial charge in [-0.25, -0.2) is 0 Å². The highest BCUT2D eigenvalue weighted by molar-refractivity contribution is 7.99. The number of thioether (sulfide) groups is 1. The molecule has 0 atom stereocenters. The maximum absolute atomic E-state index is 12.0. The topological polar surface area (TPSA) is 120 Å². The number of nitrogen functional groups attached to an aromatic ring is 2. The molecule has 0 aliphatic heterocycles. The monoisotopic (exact) mass is 316 g/mol. The second-order valence-corrected chi connectivity index (χ2v) is 5.95. The van der Waals surface area contributed by atoms with E-state index in [1.165, 1.54) is 29.3 Å². The Hall–Kier alpha value is -2.35. The van der Waals surface area contributed by atoms with Gasteiger partial charge >= 0.3 is 0 Å². The number of carbonyl (C=O) groups is 1. The lowest BCUT2D eigenvalue weighted by Crippen LogP contribution is -2.15. The zero-order chi connectivity index (χ0) is 15.5. The molecule has 0 fully saturated rings. The molecule has 0 bridgehead atoms. The number of nitrogens with zero attached hydrogens (tertiary/aromatic N) is 3. The zero-order valence-electron chi connectivity index (χ0n) is 11.9. The van der Waals surface area contributed by atoms with Crippen molar-refractivity contribution in [2.24, 2.45) is 0 Å². The first kappa shape index (κ1) is 14.6. The van der Waals surface area contributed by atoms with Gasteiger partial charge in [-0.1, -0.05) is 17.8 Å². The number of hydrogen-bond acceptors (Lipinski definition) is 7. The van der Waals surface area contributed by atoms with Crippen molar-refractivity contribution in [3.8, 4) is 0 Å². The van der Waals surface area contributed by atoms with E-state index in [1.807, 2.05) is 12.1 Å². The van der Waals surface area contributed by atoms with Crippen molar-refractivity contribution in [1.82, 2.24) is 15.0 Å². The molecule has 8 heteroatoms. The summed E-state index contributed by atoms with van der Waals surface area (Å²) in [6.45, 7) is 0. The summed E-state index contributed by atoms with van der Waals surface area (Å²) in [6, 6.07) is 6.06. The Labute approximate surface area is 131 Å². The second kappa shape index (κ2) is 6.18. The second-order valence-electron chi connectivity index (χ2n) is 5.01. The zero-order valence-corrected chi connectivity index (χ0v) is 12.7. The van der Waals surface area contributed by atoms with Crippen LogP contribution in [0.2, 0.25) is 0 Å². The van der Waals surface area contributed by atoms with Crippen LogP contribution in [0.25, 0.3) is 0 Å². The minimum absolute atomic E-state index is 0.0500. The lowest BCUT2D eigenvalue weighted by molar-refractivity contribution is -0.113. The summed E-state index contributed by atoms with van der Waals surface area (Å²) in [4.78, 5) is 23.5. The van der Waals surface area contributed by atoms with Gasteiger partial charge in [0.2, 0.25) is 17.8 Å². The molecule has 1 amide bonds.